The van der Waals surface area contributed by atoms with Gasteiger partial charge in [-0.2, -0.15) is 0 Å². The topological polar surface area (TPSA) is 64.0 Å². The van der Waals surface area contributed by atoms with Gasteiger partial charge in [-0.15, -0.1) is 0 Å². The third kappa shape index (κ3) is 2.44. The predicted octanol–water partition coefficient (Wildman–Crippen LogP) is 0.916. The van der Waals surface area contributed by atoms with Crippen LogP contribution in [0.15, 0.2) is 18.7 Å². The number of imidazole rings is 1. The van der Waals surface area contributed by atoms with E-state index in [0.29, 0.717) is 0 Å². The Kier molecular flexibility index (Phi) is 3.30. The Morgan fingerprint density at radius 1 is 1.50 bits per heavy atom. The van der Waals surface area contributed by atoms with Gasteiger partial charge >= 0.3 is 0 Å². The molecular weight excluding hydrogens is 226 g/mol. The molecule has 5 nitrogen and oxygen atoms in total. The van der Waals surface area contributed by atoms with E-state index in [2.05, 4.69) is 9.71 Å². The van der Waals surface area contributed by atoms with Crippen LogP contribution in [0.25, 0.3) is 0 Å². The fourth-order valence-corrected chi connectivity index (χ4v) is 3.12. The van der Waals surface area contributed by atoms with Crippen LogP contribution in [-0.4, -0.2) is 29.8 Å². The zero-order chi connectivity index (χ0) is 11.6. The largest absolute Gasteiger partial charge is 0.333 e. The van der Waals surface area contributed by atoms with E-state index in [4.69, 9.17) is 0 Å². The van der Waals surface area contributed by atoms with Crippen LogP contribution in [0, 0.1) is 0 Å². The summed E-state index contributed by atoms with van der Waals surface area (Å²) in [6, 6.07) is 0.225. The van der Waals surface area contributed by atoms with Crippen LogP contribution in [-0.2, 0) is 10.0 Å². The lowest BCUT2D eigenvalue weighted by Crippen LogP contribution is -2.38. The minimum absolute atomic E-state index is 0.0131. The molecule has 0 aromatic carbocycles. The van der Waals surface area contributed by atoms with Crippen LogP contribution in [0.5, 0.6) is 0 Å². The van der Waals surface area contributed by atoms with Gasteiger partial charge in [0.1, 0.15) is 0 Å². The van der Waals surface area contributed by atoms with Crippen LogP contribution in [0.3, 0.4) is 0 Å². The van der Waals surface area contributed by atoms with Crippen molar-refractivity contribution in [2.24, 2.45) is 0 Å². The summed E-state index contributed by atoms with van der Waals surface area (Å²) in [6.07, 6.45) is 8.34. The van der Waals surface area contributed by atoms with Crippen LogP contribution in [0.2, 0.25) is 0 Å². The number of aromatic nitrogens is 2. The van der Waals surface area contributed by atoms with Gasteiger partial charge < -0.3 is 4.57 Å². The Hall–Kier alpha value is -0.880. The highest BCUT2D eigenvalue weighted by Crippen LogP contribution is 2.30. The van der Waals surface area contributed by atoms with E-state index in [1.165, 1.54) is 0 Å². The normalized spacial score (nSPS) is 26.1. The SMILES string of the molecule is CCS(=O)(=O)NC1CCCC1n1ccnc1. The predicted molar refractivity (Wildman–Crippen MR) is 61.5 cm³/mol. The van der Waals surface area contributed by atoms with Crippen molar-refractivity contribution in [3.8, 4) is 0 Å². The first-order chi connectivity index (χ1) is 7.62. The van der Waals surface area contributed by atoms with Gasteiger partial charge in [0, 0.05) is 18.4 Å². The molecular formula is C10H17N3O2S. The molecule has 0 radical (unpaired) electrons. The molecule has 1 heterocycles. The quantitative estimate of drug-likeness (QED) is 0.855. The molecule has 0 bridgehead atoms. The second-order valence-corrected chi connectivity index (χ2v) is 6.18. The lowest BCUT2D eigenvalue weighted by atomic mass is 10.2. The first-order valence-corrected chi connectivity index (χ1v) is 7.25. The summed E-state index contributed by atoms with van der Waals surface area (Å²) in [6.45, 7) is 1.66. The van der Waals surface area contributed by atoms with Crippen LogP contribution in [0.4, 0.5) is 0 Å². The summed E-state index contributed by atoms with van der Waals surface area (Å²) in [5.74, 6) is 0.139. The fraction of sp³-hybridized carbons (Fsp3) is 0.700. The Morgan fingerprint density at radius 3 is 2.94 bits per heavy atom. The van der Waals surface area contributed by atoms with Gasteiger partial charge in [-0.3, -0.25) is 0 Å². The Labute approximate surface area is 95.9 Å². The van der Waals surface area contributed by atoms with Crippen molar-refractivity contribution >= 4 is 10.0 Å². The van der Waals surface area contributed by atoms with Crippen LogP contribution < -0.4 is 4.72 Å². The number of hydrogen-bond acceptors (Lipinski definition) is 3. The minimum Gasteiger partial charge on any atom is -0.333 e. The lowest BCUT2D eigenvalue weighted by molar-refractivity contribution is 0.431. The third-order valence-electron chi connectivity index (χ3n) is 3.10. The first-order valence-electron chi connectivity index (χ1n) is 5.60. The highest BCUT2D eigenvalue weighted by Gasteiger charge is 2.30. The van der Waals surface area contributed by atoms with Crippen LogP contribution in [0.1, 0.15) is 32.2 Å². The molecule has 2 unspecified atom stereocenters. The highest BCUT2D eigenvalue weighted by atomic mass is 32.2. The van der Waals surface area contributed by atoms with Gasteiger partial charge in [0.05, 0.1) is 18.1 Å². The number of sulfonamides is 1. The summed E-state index contributed by atoms with van der Waals surface area (Å²) in [7, 11) is -3.11. The molecule has 90 valence electrons. The molecule has 1 aliphatic carbocycles. The highest BCUT2D eigenvalue weighted by molar-refractivity contribution is 7.89. The number of nitrogens with one attached hydrogen (secondary N) is 1. The molecule has 1 aromatic rings. The van der Waals surface area contributed by atoms with Crippen molar-refractivity contribution in [2.45, 2.75) is 38.3 Å². The summed E-state index contributed by atoms with van der Waals surface area (Å²) >= 11 is 0. The van der Waals surface area contributed by atoms with E-state index in [0.717, 1.165) is 19.3 Å². The monoisotopic (exact) mass is 243 g/mol. The molecule has 16 heavy (non-hydrogen) atoms. The van der Waals surface area contributed by atoms with E-state index in [1.54, 1.807) is 19.4 Å². The molecule has 0 spiro atoms. The smallest absolute Gasteiger partial charge is 0.211 e. The van der Waals surface area contributed by atoms with Gasteiger partial charge in [-0.25, -0.2) is 18.1 Å². The Bertz CT molecular complexity index is 427. The van der Waals surface area contributed by atoms with E-state index >= 15 is 0 Å². The summed E-state index contributed by atoms with van der Waals surface area (Å²) in [5.41, 5.74) is 0. The second kappa shape index (κ2) is 4.55. The molecule has 1 aliphatic rings. The van der Waals surface area contributed by atoms with Gasteiger partial charge in [0.2, 0.25) is 10.0 Å². The van der Waals surface area contributed by atoms with Gasteiger partial charge in [-0.1, -0.05) is 0 Å². The molecule has 6 heteroatoms. The third-order valence-corrected chi connectivity index (χ3v) is 4.52. The van der Waals surface area contributed by atoms with Gasteiger partial charge in [-0.05, 0) is 26.2 Å². The lowest BCUT2D eigenvalue weighted by Gasteiger charge is -2.21. The molecule has 0 saturated heterocycles. The summed E-state index contributed by atoms with van der Waals surface area (Å²) in [5, 5.41) is 0. The Balaban J connectivity index is 2.10. The molecule has 1 N–H and O–H groups in total. The van der Waals surface area contributed by atoms with E-state index in [9.17, 15) is 8.42 Å². The maximum absolute atomic E-state index is 11.5. The minimum atomic E-state index is -3.11. The van der Waals surface area contributed by atoms with Crippen molar-refractivity contribution < 1.29 is 8.42 Å². The average molecular weight is 243 g/mol. The maximum Gasteiger partial charge on any atom is 0.211 e. The molecule has 0 aliphatic heterocycles. The summed E-state index contributed by atoms with van der Waals surface area (Å²) < 4.78 is 27.8. The van der Waals surface area contributed by atoms with Crippen molar-refractivity contribution in [3.63, 3.8) is 0 Å². The fourth-order valence-electron chi connectivity index (χ4n) is 2.21. The average Bonchev–Trinajstić information content (AvgIpc) is 2.86. The number of hydrogen-bond donors (Lipinski definition) is 1. The Morgan fingerprint density at radius 2 is 2.31 bits per heavy atom. The second-order valence-electron chi connectivity index (χ2n) is 4.14. The number of nitrogens with zero attached hydrogens (tertiary/aromatic N) is 2. The zero-order valence-electron chi connectivity index (χ0n) is 9.33. The van der Waals surface area contributed by atoms with E-state index in [1.807, 2.05) is 10.8 Å². The number of rotatable bonds is 4. The van der Waals surface area contributed by atoms with Crippen LogP contribution >= 0.6 is 0 Å². The van der Waals surface area contributed by atoms with Gasteiger partial charge in [0.15, 0.2) is 0 Å². The molecule has 1 aromatic heterocycles. The molecule has 0 amide bonds. The van der Waals surface area contributed by atoms with E-state index < -0.39 is 10.0 Å². The zero-order valence-corrected chi connectivity index (χ0v) is 10.2. The maximum atomic E-state index is 11.5. The molecule has 2 atom stereocenters. The van der Waals surface area contributed by atoms with Crippen molar-refractivity contribution in [1.29, 1.82) is 0 Å². The van der Waals surface area contributed by atoms with E-state index in [-0.39, 0.29) is 17.8 Å². The molecule has 2 rings (SSSR count). The van der Waals surface area contributed by atoms with Crippen molar-refractivity contribution in [1.82, 2.24) is 14.3 Å². The molecule has 1 fully saturated rings. The van der Waals surface area contributed by atoms with Crippen molar-refractivity contribution in [2.75, 3.05) is 5.75 Å². The van der Waals surface area contributed by atoms with Gasteiger partial charge in [0.25, 0.3) is 0 Å². The van der Waals surface area contributed by atoms with Crippen molar-refractivity contribution in [3.05, 3.63) is 18.7 Å². The standard InChI is InChI=1S/C10H17N3O2S/c1-2-16(14,15)12-9-4-3-5-10(9)13-7-6-11-8-13/h6-10,12H,2-5H2,1H3. The first kappa shape index (κ1) is 11.6. The summed E-state index contributed by atoms with van der Waals surface area (Å²) in [4.78, 5) is 4.00. The molecule has 1 saturated carbocycles.